The Morgan fingerprint density at radius 3 is 2.61 bits per heavy atom. The van der Waals surface area contributed by atoms with Gasteiger partial charge in [0, 0.05) is 11.6 Å². The van der Waals surface area contributed by atoms with Gasteiger partial charge in [-0.2, -0.15) is 4.31 Å². The summed E-state index contributed by atoms with van der Waals surface area (Å²) in [7, 11) is -3.06. The Hall–Kier alpha value is -2.33. The van der Waals surface area contributed by atoms with Gasteiger partial charge in [0.05, 0.1) is 23.4 Å². The van der Waals surface area contributed by atoms with Crippen LogP contribution in [0.2, 0.25) is 10.0 Å². The molecule has 0 saturated carbocycles. The number of nitrogens with zero attached hydrogens (tertiary/aromatic N) is 1. The molecule has 0 fully saturated rings. The van der Waals surface area contributed by atoms with Crippen molar-refractivity contribution in [1.82, 2.24) is 4.31 Å². The number of benzene rings is 2. The number of carbonyl (C=O) groups is 2. The van der Waals surface area contributed by atoms with Crippen molar-refractivity contribution in [3.8, 4) is 0 Å². The second-order valence-electron chi connectivity index (χ2n) is 5.89. The van der Waals surface area contributed by atoms with Crippen molar-refractivity contribution >= 4 is 50.9 Å². The highest BCUT2D eigenvalue weighted by Gasteiger charge is 2.43. The second-order valence-corrected chi connectivity index (χ2v) is 8.56. The number of rotatable bonds is 4. The van der Waals surface area contributed by atoms with Gasteiger partial charge in [-0.1, -0.05) is 35.3 Å². The third-order valence-electron chi connectivity index (χ3n) is 4.08. The molecule has 1 heterocycles. The quantitative estimate of drug-likeness (QED) is 0.696. The van der Waals surface area contributed by atoms with Crippen molar-refractivity contribution in [2.75, 3.05) is 12.4 Å². The van der Waals surface area contributed by atoms with Gasteiger partial charge < -0.3 is 15.2 Å². The molecule has 0 amide bonds. The molecule has 0 aliphatic carbocycles. The number of aliphatic carboxylic acids is 1. The van der Waals surface area contributed by atoms with E-state index in [0.717, 1.165) is 4.31 Å². The van der Waals surface area contributed by atoms with Crippen LogP contribution in [-0.2, 0) is 26.1 Å². The van der Waals surface area contributed by atoms with E-state index in [1.807, 2.05) is 0 Å². The first kappa shape index (κ1) is 20.4. The number of fused-ring (bicyclic) bond motifs is 1. The fourth-order valence-corrected chi connectivity index (χ4v) is 5.32. The predicted molar refractivity (Wildman–Crippen MR) is 102 cm³/mol. The van der Waals surface area contributed by atoms with E-state index < -0.39 is 28.1 Å². The maximum Gasteiger partial charge on any atom is 0.342 e. The summed E-state index contributed by atoms with van der Waals surface area (Å²) < 4.78 is 31.7. The highest BCUT2D eigenvalue weighted by atomic mass is 35.5. The van der Waals surface area contributed by atoms with Crippen molar-refractivity contribution < 1.29 is 27.9 Å². The summed E-state index contributed by atoms with van der Waals surface area (Å²) in [6, 6.07) is 8.60. The topological polar surface area (TPSA) is 113 Å². The zero-order chi connectivity index (χ0) is 20.6. The molecule has 1 aliphatic rings. The minimum Gasteiger partial charge on any atom is -0.479 e. The Labute approximate surface area is 170 Å². The van der Waals surface area contributed by atoms with E-state index >= 15 is 0 Å². The molecule has 0 saturated heterocycles. The maximum absolute atomic E-state index is 13.1. The number of hydrogen-bond acceptors (Lipinski definition) is 6. The Balaban J connectivity index is 2.08. The molecule has 1 atom stereocenters. The van der Waals surface area contributed by atoms with Crippen LogP contribution >= 0.6 is 23.2 Å². The monoisotopic (exact) mass is 444 g/mol. The molecule has 0 bridgehead atoms. The molecule has 0 spiro atoms. The first-order chi connectivity index (χ1) is 13.1. The maximum atomic E-state index is 13.1. The van der Waals surface area contributed by atoms with E-state index in [1.165, 1.54) is 31.4 Å². The van der Waals surface area contributed by atoms with Crippen LogP contribution in [-0.4, -0.2) is 43.0 Å². The summed E-state index contributed by atoms with van der Waals surface area (Å²) in [4.78, 5) is 23.2. The second kappa shape index (κ2) is 7.59. The van der Waals surface area contributed by atoms with Gasteiger partial charge in [-0.05, 0) is 29.8 Å². The van der Waals surface area contributed by atoms with Crippen LogP contribution in [0.4, 0.5) is 5.69 Å². The average Bonchev–Trinajstić information content (AvgIpc) is 2.62. The Morgan fingerprint density at radius 2 is 1.96 bits per heavy atom. The molecule has 11 heteroatoms. The van der Waals surface area contributed by atoms with Gasteiger partial charge in [-0.3, -0.25) is 0 Å². The number of carboxylic acid groups (broad SMARTS) is 1. The van der Waals surface area contributed by atoms with Gasteiger partial charge in [-0.25, -0.2) is 18.0 Å². The molecule has 28 heavy (non-hydrogen) atoms. The number of carbonyl (C=O) groups excluding carboxylic acids is 1. The van der Waals surface area contributed by atoms with E-state index in [9.17, 15) is 23.1 Å². The van der Waals surface area contributed by atoms with Crippen LogP contribution in [0, 0.1) is 0 Å². The highest BCUT2D eigenvalue weighted by Crippen LogP contribution is 2.40. The molecule has 0 radical (unpaired) electrons. The third kappa shape index (κ3) is 3.66. The molecule has 2 aromatic carbocycles. The largest absolute Gasteiger partial charge is 0.479 e. The molecular weight excluding hydrogens is 431 g/mol. The van der Waals surface area contributed by atoms with Crippen molar-refractivity contribution in [2.45, 2.75) is 17.6 Å². The van der Waals surface area contributed by atoms with E-state index in [1.54, 1.807) is 12.1 Å². The number of nitrogens with one attached hydrogen (secondary N) is 1. The number of carboxylic acids is 1. The summed E-state index contributed by atoms with van der Waals surface area (Å²) in [5.41, 5.74) is 0.608. The molecular formula is C17H14Cl2N2O6S. The molecule has 8 nitrogen and oxygen atoms in total. The zero-order valence-electron chi connectivity index (χ0n) is 14.3. The molecule has 1 aliphatic heterocycles. The van der Waals surface area contributed by atoms with E-state index in [-0.39, 0.29) is 32.7 Å². The van der Waals surface area contributed by atoms with Crippen molar-refractivity contribution in [2.24, 2.45) is 0 Å². The highest BCUT2D eigenvalue weighted by molar-refractivity contribution is 7.89. The normalized spacial score (nSPS) is 18.0. The third-order valence-corrected chi connectivity index (χ3v) is 6.62. The van der Waals surface area contributed by atoms with Crippen LogP contribution in [0.1, 0.15) is 15.9 Å². The minimum atomic E-state index is -4.28. The average molecular weight is 445 g/mol. The first-order valence-electron chi connectivity index (χ1n) is 7.82. The Bertz CT molecular complexity index is 1070. The molecule has 2 aromatic rings. The lowest BCUT2D eigenvalue weighted by molar-refractivity contribution is -0.140. The summed E-state index contributed by atoms with van der Waals surface area (Å²) in [6.45, 7) is -0.310. The fraction of sp³-hybridized carbons (Fsp3) is 0.176. The smallest absolute Gasteiger partial charge is 0.342 e. The number of hydrogen-bond donors (Lipinski definition) is 2. The van der Waals surface area contributed by atoms with Crippen LogP contribution in [0.5, 0.6) is 0 Å². The number of halogens is 2. The van der Waals surface area contributed by atoms with E-state index in [0.29, 0.717) is 5.56 Å². The molecule has 1 unspecified atom stereocenters. The van der Waals surface area contributed by atoms with Gasteiger partial charge in [0.25, 0.3) is 0 Å². The number of anilines is 1. The van der Waals surface area contributed by atoms with E-state index in [4.69, 9.17) is 23.2 Å². The lowest BCUT2D eigenvalue weighted by Crippen LogP contribution is -2.52. The van der Waals surface area contributed by atoms with Crippen molar-refractivity contribution in [1.29, 1.82) is 0 Å². The van der Waals surface area contributed by atoms with Gasteiger partial charge >= 0.3 is 11.9 Å². The van der Waals surface area contributed by atoms with E-state index in [2.05, 4.69) is 10.1 Å². The van der Waals surface area contributed by atoms with Gasteiger partial charge in [0.1, 0.15) is 4.90 Å². The number of methoxy groups -OCH3 is 1. The standard InChI is InChI=1S/C17H14Cl2N2O6S/c1-27-17(24)10-4-2-3-9(5-10)8-21-15(16(22)23)20-13-7-11(18)6-12(19)14(13)28(21,25)26/h2-7,15,20H,8H2,1H3,(H,22,23). The molecule has 148 valence electrons. The molecule has 0 aromatic heterocycles. The van der Waals surface area contributed by atoms with Crippen LogP contribution in [0.15, 0.2) is 41.3 Å². The lowest BCUT2D eigenvalue weighted by Gasteiger charge is -2.35. The minimum absolute atomic E-state index is 0.00413. The summed E-state index contributed by atoms with van der Waals surface area (Å²) in [5.74, 6) is -2.01. The fourth-order valence-electron chi connectivity index (χ4n) is 2.86. The summed E-state index contributed by atoms with van der Waals surface area (Å²) >= 11 is 12.0. The van der Waals surface area contributed by atoms with Crippen LogP contribution in [0.3, 0.4) is 0 Å². The summed E-state index contributed by atoms with van der Waals surface area (Å²) in [5, 5.41) is 12.2. The zero-order valence-corrected chi connectivity index (χ0v) is 16.7. The van der Waals surface area contributed by atoms with Gasteiger partial charge in [-0.15, -0.1) is 0 Å². The van der Waals surface area contributed by atoms with Crippen molar-refractivity contribution in [3.63, 3.8) is 0 Å². The van der Waals surface area contributed by atoms with Crippen LogP contribution < -0.4 is 5.32 Å². The molecule has 2 N–H and O–H groups in total. The van der Waals surface area contributed by atoms with Crippen molar-refractivity contribution in [3.05, 3.63) is 57.6 Å². The number of esters is 1. The predicted octanol–water partition coefficient (Wildman–Crippen LogP) is 2.81. The van der Waals surface area contributed by atoms with Gasteiger partial charge in [0.2, 0.25) is 10.0 Å². The number of ether oxygens (including phenoxy) is 1. The van der Waals surface area contributed by atoms with Gasteiger partial charge in [0.15, 0.2) is 6.17 Å². The SMILES string of the molecule is COC(=O)c1cccc(CN2C(C(=O)O)Nc3cc(Cl)cc(Cl)c3S2(=O)=O)c1. The first-order valence-corrected chi connectivity index (χ1v) is 10.0. The Kier molecular flexibility index (Phi) is 5.53. The summed E-state index contributed by atoms with van der Waals surface area (Å²) in [6.07, 6.45) is -1.59. The molecule has 3 rings (SSSR count). The number of sulfonamides is 1. The Morgan fingerprint density at radius 1 is 1.25 bits per heavy atom. The van der Waals surface area contributed by atoms with Crippen LogP contribution in [0.25, 0.3) is 0 Å². The lowest BCUT2D eigenvalue weighted by atomic mass is 10.1.